The number of rotatable bonds is 2. The summed E-state index contributed by atoms with van der Waals surface area (Å²) in [5, 5.41) is 2.72. The molecule has 3 rings (SSSR count). The predicted molar refractivity (Wildman–Crippen MR) is 71.0 cm³/mol. The Morgan fingerprint density at radius 2 is 2.05 bits per heavy atom. The lowest BCUT2D eigenvalue weighted by molar-refractivity contribution is -0.116. The third-order valence-corrected chi connectivity index (χ3v) is 3.02. The molecule has 0 bridgehead atoms. The van der Waals surface area contributed by atoms with Gasteiger partial charge in [0.25, 0.3) is 0 Å². The third kappa shape index (κ3) is 2.15. The third-order valence-electron chi connectivity index (χ3n) is 3.02. The maximum atomic E-state index is 11.5. The summed E-state index contributed by atoms with van der Waals surface area (Å²) in [7, 11) is 0. The minimum Gasteiger partial charge on any atom is -0.456 e. The van der Waals surface area contributed by atoms with Gasteiger partial charge in [-0.05, 0) is 25.1 Å². The summed E-state index contributed by atoms with van der Waals surface area (Å²) in [6, 6.07) is 8.48. The zero-order valence-electron chi connectivity index (χ0n) is 10.4. The zero-order chi connectivity index (χ0) is 13.4. The van der Waals surface area contributed by atoms with Crippen LogP contribution in [0.1, 0.15) is 17.3 Å². The minimum absolute atomic E-state index is 0.191. The Bertz CT molecular complexity index is 638. The summed E-state index contributed by atoms with van der Waals surface area (Å²) >= 11 is 0. The summed E-state index contributed by atoms with van der Waals surface area (Å²) in [6.45, 7) is 1.91. The molecule has 5 nitrogen and oxygen atoms in total. The Morgan fingerprint density at radius 3 is 2.79 bits per heavy atom. The Hall–Kier alpha value is -2.40. The van der Waals surface area contributed by atoms with Gasteiger partial charge in [0.15, 0.2) is 0 Å². The number of amides is 1. The Morgan fingerprint density at radius 1 is 1.26 bits per heavy atom. The largest absolute Gasteiger partial charge is 0.456 e. The second-order valence-corrected chi connectivity index (χ2v) is 4.45. The zero-order valence-corrected chi connectivity index (χ0v) is 10.4. The van der Waals surface area contributed by atoms with Gasteiger partial charge in [-0.3, -0.25) is 9.78 Å². The van der Waals surface area contributed by atoms with Crippen molar-refractivity contribution in [1.29, 1.82) is 0 Å². The van der Waals surface area contributed by atoms with E-state index in [0.29, 0.717) is 17.2 Å². The fourth-order valence-corrected chi connectivity index (χ4v) is 1.98. The van der Waals surface area contributed by atoms with Gasteiger partial charge in [-0.15, -0.1) is 0 Å². The van der Waals surface area contributed by atoms with Crippen molar-refractivity contribution >= 4 is 11.6 Å². The lowest BCUT2D eigenvalue weighted by Gasteiger charge is -2.07. The summed E-state index contributed by atoms with van der Waals surface area (Å²) in [6.07, 6.45) is 1.66. The average Bonchev–Trinajstić information content (AvgIpc) is 2.68. The Kier molecular flexibility index (Phi) is 2.68. The van der Waals surface area contributed by atoms with E-state index in [2.05, 4.69) is 10.3 Å². The van der Waals surface area contributed by atoms with Crippen molar-refractivity contribution in [3.63, 3.8) is 0 Å². The molecule has 0 aliphatic carbocycles. The molecule has 19 heavy (non-hydrogen) atoms. The van der Waals surface area contributed by atoms with Gasteiger partial charge in [0.1, 0.15) is 17.5 Å². The molecule has 0 fully saturated rings. The number of aromatic nitrogens is 1. The molecule has 1 amide bonds. The number of hydrogen-bond donors (Lipinski definition) is 2. The SMILES string of the molecule is Cc1ccc(Oc2ccc3c(c2)NC(=O)C3N)cn1. The van der Waals surface area contributed by atoms with Gasteiger partial charge in [-0.1, -0.05) is 6.07 Å². The van der Waals surface area contributed by atoms with E-state index in [0.717, 1.165) is 11.3 Å². The number of ether oxygens (including phenoxy) is 1. The van der Waals surface area contributed by atoms with Crippen molar-refractivity contribution in [2.45, 2.75) is 13.0 Å². The molecule has 0 radical (unpaired) electrons. The van der Waals surface area contributed by atoms with Gasteiger partial charge in [0.05, 0.1) is 6.20 Å². The number of carbonyl (C=O) groups is 1. The van der Waals surface area contributed by atoms with E-state index < -0.39 is 6.04 Å². The van der Waals surface area contributed by atoms with Gasteiger partial charge in [0.2, 0.25) is 5.91 Å². The second kappa shape index (κ2) is 4.37. The van der Waals surface area contributed by atoms with Crippen LogP contribution in [0, 0.1) is 6.92 Å². The van der Waals surface area contributed by atoms with E-state index in [1.54, 1.807) is 24.4 Å². The number of aryl methyl sites for hydroxylation is 1. The van der Waals surface area contributed by atoms with E-state index in [4.69, 9.17) is 10.5 Å². The number of nitrogens with one attached hydrogen (secondary N) is 1. The second-order valence-electron chi connectivity index (χ2n) is 4.45. The molecular formula is C14H13N3O2. The van der Waals surface area contributed by atoms with Crippen LogP contribution in [0.3, 0.4) is 0 Å². The van der Waals surface area contributed by atoms with Crippen LogP contribution in [0.15, 0.2) is 36.5 Å². The topological polar surface area (TPSA) is 77.2 Å². The lowest BCUT2D eigenvalue weighted by atomic mass is 10.1. The average molecular weight is 255 g/mol. The molecule has 1 aromatic carbocycles. The molecule has 1 aliphatic heterocycles. The molecule has 1 unspecified atom stereocenters. The number of benzene rings is 1. The first-order valence-corrected chi connectivity index (χ1v) is 5.94. The fourth-order valence-electron chi connectivity index (χ4n) is 1.98. The molecule has 0 saturated carbocycles. The van der Waals surface area contributed by atoms with Crippen molar-refractivity contribution in [2.75, 3.05) is 5.32 Å². The maximum absolute atomic E-state index is 11.5. The Labute approximate surface area is 110 Å². The summed E-state index contributed by atoms with van der Waals surface area (Å²) in [5.41, 5.74) is 8.17. The van der Waals surface area contributed by atoms with Crippen LogP contribution in [-0.2, 0) is 4.79 Å². The highest BCUT2D eigenvalue weighted by Crippen LogP contribution is 2.33. The normalized spacial score (nSPS) is 16.9. The molecule has 2 heterocycles. The fraction of sp³-hybridized carbons (Fsp3) is 0.143. The Balaban J connectivity index is 1.86. The van der Waals surface area contributed by atoms with Crippen LogP contribution >= 0.6 is 0 Å². The van der Waals surface area contributed by atoms with Gasteiger partial charge >= 0.3 is 0 Å². The highest BCUT2D eigenvalue weighted by atomic mass is 16.5. The molecule has 2 aromatic rings. The first-order chi connectivity index (χ1) is 9.13. The van der Waals surface area contributed by atoms with E-state index >= 15 is 0 Å². The molecule has 0 spiro atoms. The van der Waals surface area contributed by atoms with E-state index in [-0.39, 0.29) is 5.91 Å². The summed E-state index contributed by atoms with van der Waals surface area (Å²) in [4.78, 5) is 15.6. The highest BCUT2D eigenvalue weighted by Gasteiger charge is 2.27. The van der Waals surface area contributed by atoms with Crippen LogP contribution in [-0.4, -0.2) is 10.9 Å². The van der Waals surface area contributed by atoms with E-state index in [1.165, 1.54) is 0 Å². The van der Waals surface area contributed by atoms with Crippen LogP contribution < -0.4 is 15.8 Å². The monoisotopic (exact) mass is 255 g/mol. The summed E-state index contributed by atoms with van der Waals surface area (Å²) in [5.74, 6) is 1.10. The van der Waals surface area contributed by atoms with Crippen LogP contribution in [0.2, 0.25) is 0 Å². The van der Waals surface area contributed by atoms with Crippen LogP contribution in [0.4, 0.5) is 5.69 Å². The molecule has 0 saturated heterocycles. The van der Waals surface area contributed by atoms with E-state index in [1.807, 2.05) is 19.1 Å². The number of fused-ring (bicyclic) bond motifs is 1. The van der Waals surface area contributed by atoms with Gasteiger partial charge in [-0.2, -0.15) is 0 Å². The number of hydrogen-bond acceptors (Lipinski definition) is 4. The first-order valence-electron chi connectivity index (χ1n) is 5.94. The molecular weight excluding hydrogens is 242 g/mol. The first kappa shape index (κ1) is 11.7. The summed E-state index contributed by atoms with van der Waals surface area (Å²) < 4.78 is 5.67. The van der Waals surface area contributed by atoms with Crippen molar-refractivity contribution in [3.05, 3.63) is 47.8 Å². The van der Waals surface area contributed by atoms with Crippen molar-refractivity contribution < 1.29 is 9.53 Å². The molecule has 5 heteroatoms. The molecule has 1 aromatic heterocycles. The number of nitrogens with zero attached hydrogens (tertiary/aromatic N) is 1. The maximum Gasteiger partial charge on any atom is 0.245 e. The number of carbonyl (C=O) groups excluding carboxylic acids is 1. The standard InChI is InChI=1S/C14H13N3O2/c1-8-2-3-10(7-16-8)19-9-4-5-11-12(6-9)17-14(18)13(11)15/h2-7,13H,15H2,1H3,(H,17,18). The smallest absolute Gasteiger partial charge is 0.245 e. The lowest BCUT2D eigenvalue weighted by Crippen LogP contribution is -2.19. The van der Waals surface area contributed by atoms with E-state index in [9.17, 15) is 4.79 Å². The number of anilines is 1. The molecule has 96 valence electrons. The molecule has 1 atom stereocenters. The molecule has 1 aliphatic rings. The minimum atomic E-state index is -0.593. The predicted octanol–water partition coefficient (Wildman–Crippen LogP) is 2.13. The van der Waals surface area contributed by atoms with Crippen LogP contribution in [0.25, 0.3) is 0 Å². The van der Waals surface area contributed by atoms with Crippen molar-refractivity contribution in [2.24, 2.45) is 5.73 Å². The van der Waals surface area contributed by atoms with Gasteiger partial charge < -0.3 is 15.8 Å². The van der Waals surface area contributed by atoms with Gasteiger partial charge in [-0.25, -0.2) is 0 Å². The van der Waals surface area contributed by atoms with Crippen molar-refractivity contribution in [3.8, 4) is 11.5 Å². The molecule has 3 N–H and O–H groups in total. The number of pyridine rings is 1. The van der Waals surface area contributed by atoms with Crippen LogP contribution in [0.5, 0.6) is 11.5 Å². The van der Waals surface area contributed by atoms with Crippen molar-refractivity contribution in [1.82, 2.24) is 4.98 Å². The number of nitrogens with two attached hydrogens (primary N) is 1. The quantitative estimate of drug-likeness (QED) is 0.861. The highest BCUT2D eigenvalue weighted by molar-refractivity contribution is 6.02. The van der Waals surface area contributed by atoms with Gasteiger partial charge in [0, 0.05) is 23.0 Å².